The van der Waals surface area contributed by atoms with Crippen molar-refractivity contribution in [3.63, 3.8) is 0 Å². The predicted octanol–water partition coefficient (Wildman–Crippen LogP) is 3.16. The Kier molecular flexibility index (Phi) is 3.71. The lowest BCUT2D eigenvalue weighted by Gasteiger charge is -2.02. The maximum atomic E-state index is 5.83. The van der Waals surface area contributed by atoms with Gasteiger partial charge >= 0.3 is 0 Å². The van der Waals surface area contributed by atoms with Crippen LogP contribution >= 0.6 is 0 Å². The van der Waals surface area contributed by atoms with Gasteiger partial charge in [0.05, 0.1) is 6.54 Å². The Morgan fingerprint density at radius 2 is 2.17 bits per heavy atom. The number of hydrogen-bond donors (Lipinski definition) is 1. The molecule has 0 amide bonds. The van der Waals surface area contributed by atoms with Crippen LogP contribution in [0.2, 0.25) is 0 Å². The topological polar surface area (TPSA) is 34.4 Å². The van der Waals surface area contributed by atoms with Gasteiger partial charge in [-0.1, -0.05) is 12.8 Å². The molecule has 2 aliphatic rings. The van der Waals surface area contributed by atoms with Gasteiger partial charge in [0.25, 0.3) is 0 Å². The van der Waals surface area contributed by atoms with Crippen molar-refractivity contribution in [1.82, 2.24) is 5.32 Å². The summed E-state index contributed by atoms with van der Waals surface area (Å²) in [6.07, 6.45) is 6.66. The Morgan fingerprint density at radius 1 is 1.33 bits per heavy atom. The van der Waals surface area contributed by atoms with E-state index in [-0.39, 0.29) is 0 Å². The quantitative estimate of drug-likeness (QED) is 0.719. The van der Waals surface area contributed by atoms with Crippen molar-refractivity contribution in [3.05, 3.63) is 23.2 Å². The summed E-state index contributed by atoms with van der Waals surface area (Å²) >= 11 is 0. The van der Waals surface area contributed by atoms with Gasteiger partial charge in [0, 0.05) is 12.6 Å². The molecule has 0 unspecified atom stereocenters. The van der Waals surface area contributed by atoms with Gasteiger partial charge in [-0.25, -0.2) is 0 Å². The van der Waals surface area contributed by atoms with E-state index in [0.29, 0.717) is 6.61 Å². The monoisotopic (exact) mass is 249 g/mol. The van der Waals surface area contributed by atoms with Crippen LogP contribution in [0.25, 0.3) is 0 Å². The van der Waals surface area contributed by atoms with Crippen LogP contribution in [-0.4, -0.2) is 12.6 Å². The molecule has 1 N–H and O–H groups in total. The summed E-state index contributed by atoms with van der Waals surface area (Å²) in [6, 6.07) is 2.84. The molecule has 1 heterocycles. The SMILES string of the molecule is Cc1cc(COCCC2CC2)oc1CNC1CC1. The minimum Gasteiger partial charge on any atom is -0.462 e. The lowest BCUT2D eigenvalue weighted by atomic mass is 10.2. The van der Waals surface area contributed by atoms with Crippen molar-refractivity contribution in [2.45, 2.75) is 58.2 Å². The van der Waals surface area contributed by atoms with Gasteiger partial charge in [0.2, 0.25) is 0 Å². The van der Waals surface area contributed by atoms with Gasteiger partial charge in [-0.15, -0.1) is 0 Å². The molecule has 1 aromatic rings. The van der Waals surface area contributed by atoms with E-state index in [0.717, 1.165) is 36.6 Å². The molecule has 0 radical (unpaired) electrons. The average Bonchev–Trinajstić information content (AvgIpc) is 3.24. The molecule has 3 nitrogen and oxygen atoms in total. The first-order valence-corrected chi connectivity index (χ1v) is 7.20. The average molecular weight is 249 g/mol. The van der Waals surface area contributed by atoms with E-state index in [4.69, 9.17) is 9.15 Å². The number of rotatable bonds is 8. The van der Waals surface area contributed by atoms with Crippen LogP contribution < -0.4 is 5.32 Å². The molecule has 2 fully saturated rings. The largest absolute Gasteiger partial charge is 0.462 e. The molecule has 0 bridgehead atoms. The summed E-state index contributed by atoms with van der Waals surface area (Å²) in [6.45, 7) is 4.47. The van der Waals surface area contributed by atoms with Gasteiger partial charge < -0.3 is 14.5 Å². The fourth-order valence-electron chi connectivity index (χ4n) is 2.19. The minimum atomic E-state index is 0.622. The van der Waals surface area contributed by atoms with Gasteiger partial charge in [-0.3, -0.25) is 0 Å². The van der Waals surface area contributed by atoms with Crippen LogP contribution in [-0.2, 0) is 17.9 Å². The number of nitrogens with one attached hydrogen (secondary N) is 1. The zero-order valence-electron chi connectivity index (χ0n) is 11.2. The first kappa shape index (κ1) is 12.2. The number of hydrogen-bond acceptors (Lipinski definition) is 3. The number of aryl methyl sites for hydroxylation is 1. The van der Waals surface area contributed by atoms with Crippen molar-refractivity contribution in [3.8, 4) is 0 Å². The summed E-state index contributed by atoms with van der Waals surface area (Å²) < 4.78 is 11.5. The van der Waals surface area contributed by atoms with E-state index in [9.17, 15) is 0 Å². The third-order valence-corrected chi connectivity index (χ3v) is 3.81. The van der Waals surface area contributed by atoms with Crippen LogP contribution in [0.15, 0.2) is 10.5 Å². The highest BCUT2D eigenvalue weighted by Gasteiger charge is 2.22. The van der Waals surface area contributed by atoms with Crippen LogP contribution in [0.3, 0.4) is 0 Å². The smallest absolute Gasteiger partial charge is 0.130 e. The van der Waals surface area contributed by atoms with Crippen LogP contribution in [0.1, 0.15) is 49.2 Å². The molecule has 18 heavy (non-hydrogen) atoms. The van der Waals surface area contributed by atoms with Crippen LogP contribution in [0.5, 0.6) is 0 Å². The predicted molar refractivity (Wildman–Crippen MR) is 70.3 cm³/mol. The lowest BCUT2D eigenvalue weighted by Crippen LogP contribution is -2.15. The zero-order valence-corrected chi connectivity index (χ0v) is 11.2. The van der Waals surface area contributed by atoms with Crippen molar-refractivity contribution < 1.29 is 9.15 Å². The molecule has 2 aliphatic carbocycles. The van der Waals surface area contributed by atoms with Gasteiger partial charge in [0.15, 0.2) is 0 Å². The summed E-state index contributed by atoms with van der Waals surface area (Å²) in [5.74, 6) is 2.99. The zero-order chi connectivity index (χ0) is 12.4. The fourth-order valence-corrected chi connectivity index (χ4v) is 2.19. The molecule has 3 rings (SSSR count). The van der Waals surface area contributed by atoms with E-state index in [2.05, 4.69) is 18.3 Å². The van der Waals surface area contributed by atoms with E-state index in [1.54, 1.807) is 0 Å². The van der Waals surface area contributed by atoms with Gasteiger partial charge in [-0.2, -0.15) is 0 Å². The molecule has 100 valence electrons. The minimum absolute atomic E-state index is 0.622. The first-order valence-electron chi connectivity index (χ1n) is 7.20. The van der Waals surface area contributed by atoms with Crippen LogP contribution in [0.4, 0.5) is 0 Å². The Balaban J connectivity index is 1.41. The van der Waals surface area contributed by atoms with E-state index in [1.807, 2.05) is 0 Å². The van der Waals surface area contributed by atoms with E-state index >= 15 is 0 Å². The van der Waals surface area contributed by atoms with Gasteiger partial charge in [-0.05, 0) is 43.7 Å². The van der Waals surface area contributed by atoms with Gasteiger partial charge in [0.1, 0.15) is 18.1 Å². The van der Waals surface area contributed by atoms with Crippen molar-refractivity contribution in [1.29, 1.82) is 0 Å². The van der Waals surface area contributed by atoms with Crippen molar-refractivity contribution in [2.75, 3.05) is 6.61 Å². The van der Waals surface area contributed by atoms with Crippen LogP contribution in [0, 0.1) is 12.8 Å². The lowest BCUT2D eigenvalue weighted by molar-refractivity contribution is 0.0999. The second-order valence-electron chi connectivity index (χ2n) is 5.76. The first-order chi connectivity index (χ1) is 8.81. The number of furan rings is 1. The van der Waals surface area contributed by atoms with E-state index in [1.165, 1.54) is 37.7 Å². The van der Waals surface area contributed by atoms with E-state index < -0.39 is 0 Å². The molecule has 1 aromatic heterocycles. The molecule has 0 aromatic carbocycles. The van der Waals surface area contributed by atoms with Crippen molar-refractivity contribution >= 4 is 0 Å². The summed E-state index contributed by atoms with van der Waals surface area (Å²) in [5.41, 5.74) is 1.24. The highest BCUT2D eigenvalue weighted by Crippen LogP contribution is 2.32. The third-order valence-electron chi connectivity index (χ3n) is 3.81. The second-order valence-corrected chi connectivity index (χ2v) is 5.76. The second kappa shape index (κ2) is 5.45. The number of ether oxygens (including phenoxy) is 1. The summed E-state index contributed by atoms with van der Waals surface area (Å²) in [5, 5.41) is 3.48. The molecule has 0 spiro atoms. The molecule has 0 saturated heterocycles. The maximum Gasteiger partial charge on any atom is 0.130 e. The maximum absolute atomic E-state index is 5.83. The Labute approximate surface area is 109 Å². The highest BCUT2D eigenvalue weighted by atomic mass is 16.5. The Bertz CT molecular complexity index is 391. The fraction of sp³-hybridized carbons (Fsp3) is 0.733. The molecule has 3 heteroatoms. The Morgan fingerprint density at radius 3 is 2.89 bits per heavy atom. The Hall–Kier alpha value is -0.800. The summed E-state index contributed by atoms with van der Waals surface area (Å²) in [7, 11) is 0. The highest BCUT2D eigenvalue weighted by molar-refractivity contribution is 5.19. The molecular weight excluding hydrogens is 226 g/mol. The standard InChI is InChI=1S/C15H23NO2/c1-11-8-14(10-17-7-6-12-2-3-12)18-15(11)9-16-13-4-5-13/h8,12-13,16H,2-7,9-10H2,1H3. The summed E-state index contributed by atoms with van der Waals surface area (Å²) in [4.78, 5) is 0. The normalized spacial score (nSPS) is 19.4. The molecule has 2 saturated carbocycles. The third kappa shape index (κ3) is 3.59. The molecule has 0 atom stereocenters. The molecular formula is C15H23NO2. The molecule has 0 aliphatic heterocycles. The van der Waals surface area contributed by atoms with Crippen molar-refractivity contribution in [2.24, 2.45) is 5.92 Å².